The van der Waals surface area contributed by atoms with Gasteiger partial charge in [-0.15, -0.1) is 0 Å². The molecule has 0 saturated heterocycles. The van der Waals surface area contributed by atoms with Crippen molar-refractivity contribution in [3.05, 3.63) is 34.9 Å². The fourth-order valence-corrected chi connectivity index (χ4v) is 4.46. The minimum Gasteiger partial charge on any atom is -0.299 e. The molecular formula is C18H26N2S. The van der Waals surface area contributed by atoms with Crippen LogP contribution in [0.4, 0.5) is 0 Å². The quantitative estimate of drug-likeness (QED) is 0.848. The second-order valence-electron chi connectivity index (χ2n) is 6.29. The number of thioether (sulfide) groups is 1. The summed E-state index contributed by atoms with van der Waals surface area (Å²) in [4.78, 5) is 0. The van der Waals surface area contributed by atoms with Crippen LogP contribution in [0.5, 0.6) is 0 Å². The SMILES string of the molecule is CCCNC1(C#N)CCC(SCc2cc(C)cc(C)c2)C1. The van der Waals surface area contributed by atoms with E-state index in [0.29, 0.717) is 5.25 Å². The maximum Gasteiger partial charge on any atom is 0.107 e. The van der Waals surface area contributed by atoms with E-state index in [9.17, 15) is 5.26 Å². The standard InChI is InChI=1S/C18H26N2S/c1-4-7-20-18(13-19)6-5-17(11-18)21-12-16-9-14(2)8-15(3)10-16/h8-10,17,20H,4-7,11-12H2,1-3H3. The van der Waals surface area contributed by atoms with Gasteiger partial charge >= 0.3 is 0 Å². The summed E-state index contributed by atoms with van der Waals surface area (Å²) in [5, 5.41) is 13.6. The third-order valence-electron chi connectivity index (χ3n) is 4.16. The molecule has 0 aromatic heterocycles. The third kappa shape index (κ3) is 4.49. The summed E-state index contributed by atoms with van der Waals surface area (Å²) < 4.78 is 0. The van der Waals surface area contributed by atoms with Gasteiger partial charge in [0.2, 0.25) is 0 Å². The normalized spacial score (nSPS) is 25.0. The molecule has 2 nitrogen and oxygen atoms in total. The molecule has 21 heavy (non-hydrogen) atoms. The van der Waals surface area contributed by atoms with Crippen LogP contribution in [-0.2, 0) is 5.75 Å². The van der Waals surface area contributed by atoms with Gasteiger partial charge in [0.05, 0.1) is 6.07 Å². The van der Waals surface area contributed by atoms with E-state index in [-0.39, 0.29) is 5.54 Å². The van der Waals surface area contributed by atoms with Crippen molar-refractivity contribution in [3.63, 3.8) is 0 Å². The second-order valence-corrected chi connectivity index (χ2v) is 7.58. The van der Waals surface area contributed by atoms with Gasteiger partial charge in [-0.3, -0.25) is 5.32 Å². The molecule has 1 aliphatic carbocycles. The van der Waals surface area contributed by atoms with E-state index < -0.39 is 0 Å². The average molecular weight is 302 g/mol. The Labute approximate surface area is 133 Å². The van der Waals surface area contributed by atoms with Crippen molar-refractivity contribution in [2.45, 2.75) is 63.0 Å². The van der Waals surface area contributed by atoms with Crippen molar-refractivity contribution in [1.29, 1.82) is 5.26 Å². The maximum absolute atomic E-state index is 9.50. The van der Waals surface area contributed by atoms with E-state index in [1.807, 2.05) is 11.8 Å². The highest BCUT2D eigenvalue weighted by Gasteiger charge is 2.38. The van der Waals surface area contributed by atoms with Crippen LogP contribution in [0.15, 0.2) is 18.2 Å². The molecular weight excluding hydrogens is 276 g/mol. The Hall–Kier alpha value is -0.980. The van der Waals surface area contributed by atoms with Crippen molar-refractivity contribution in [3.8, 4) is 6.07 Å². The summed E-state index contributed by atoms with van der Waals surface area (Å²) in [6.07, 6.45) is 4.22. The summed E-state index contributed by atoms with van der Waals surface area (Å²) in [7, 11) is 0. The van der Waals surface area contributed by atoms with Crippen LogP contribution >= 0.6 is 11.8 Å². The van der Waals surface area contributed by atoms with Gasteiger partial charge in [0.15, 0.2) is 0 Å². The van der Waals surface area contributed by atoms with Gasteiger partial charge < -0.3 is 0 Å². The van der Waals surface area contributed by atoms with Crippen molar-refractivity contribution >= 4 is 11.8 Å². The lowest BCUT2D eigenvalue weighted by atomic mass is 10.00. The Morgan fingerprint density at radius 2 is 2.05 bits per heavy atom. The first-order valence-electron chi connectivity index (χ1n) is 7.92. The molecule has 1 aromatic carbocycles. The Kier molecular flexibility index (Phi) is 5.72. The summed E-state index contributed by atoms with van der Waals surface area (Å²) in [6, 6.07) is 9.31. The van der Waals surface area contributed by atoms with Gasteiger partial charge in [-0.2, -0.15) is 17.0 Å². The van der Waals surface area contributed by atoms with Crippen molar-refractivity contribution in [1.82, 2.24) is 5.32 Å². The molecule has 1 aromatic rings. The molecule has 2 rings (SSSR count). The molecule has 114 valence electrons. The zero-order valence-corrected chi connectivity index (χ0v) is 14.2. The topological polar surface area (TPSA) is 35.8 Å². The van der Waals surface area contributed by atoms with E-state index in [1.54, 1.807) is 0 Å². The highest BCUT2D eigenvalue weighted by molar-refractivity contribution is 7.99. The smallest absolute Gasteiger partial charge is 0.107 e. The number of hydrogen-bond acceptors (Lipinski definition) is 3. The van der Waals surface area contributed by atoms with E-state index in [2.05, 4.69) is 50.4 Å². The zero-order chi connectivity index (χ0) is 15.3. The largest absolute Gasteiger partial charge is 0.299 e. The highest BCUT2D eigenvalue weighted by Crippen LogP contribution is 2.38. The predicted molar refractivity (Wildman–Crippen MR) is 91.5 cm³/mol. The van der Waals surface area contributed by atoms with Gasteiger partial charge in [-0.1, -0.05) is 36.2 Å². The number of rotatable bonds is 6. The summed E-state index contributed by atoms with van der Waals surface area (Å²) >= 11 is 2.01. The molecule has 1 fully saturated rings. The molecule has 2 atom stereocenters. The molecule has 0 bridgehead atoms. The summed E-state index contributed by atoms with van der Waals surface area (Å²) in [5.41, 5.74) is 3.82. The van der Waals surface area contributed by atoms with Crippen LogP contribution in [0, 0.1) is 25.2 Å². The number of nitriles is 1. The van der Waals surface area contributed by atoms with Crippen LogP contribution in [0.2, 0.25) is 0 Å². The lowest BCUT2D eigenvalue weighted by molar-refractivity contribution is 0.424. The molecule has 0 spiro atoms. The molecule has 0 aliphatic heterocycles. The number of nitrogens with zero attached hydrogens (tertiary/aromatic N) is 1. The molecule has 0 radical (unpaired) electrons. The zero-order valence-electron chi connectivity index (χ0n) is 13.4. The Bertz CT molecular complexity index is 500. The maximum atomic E-state index is 9.50. The Morgan fingerprint density at radius 1 is 1.33 bits per heavy atom. The molecule has 2 unspecified atom stereocenters. The first kappa shape index (κ1) is 16.4. The average Bonchev–Trinajstić information content (AvgIpc) is 2.86. The van der Waals surface area contributed by atoms with Crippen LogP contribution in [0.3, 0.4) is 0 Å². The van der Waals surface area contributed by atoms with Gasteiger partial charge in [-0.05, 0) is 51.6 Å². The second kappa shape index (κ2) is 7.33. The number of benzene rings is 1. The van der Waals surface area contributed by atoms with Crippen LogP contribution in [0.25, 0.3) is 0 Å². The Balaban J connectivity index is 1.89. The number of hydrogen-bond donors (Lipinski definition) is 1. The molecule has 0 heterocycles. The molecule has 1 N–H and O–H groups in total. The van der Waals surface area contributed by atoms with Gasteiger partial charge in [0.1, 0.15) is 5.54 Å². The summed E-state index contributed by atoms with van der Waals surface area (Å²) in [6.45, 7) is 7.42. The lowest BCUT2D eigenvalue weighted by Gasteiger charge is -2.22. The van der Waals surface area contributed by atoms with Crippen molar-refractivity contribution in [2.24, 2.45) is 0 Å². The monoisotopic (exact) mass is 302 g/mol. The van der Waals surface area contributed by atoms with Gasteiger partial charge in [-0.25, -0.2) is 0 Å². The first-order valence-corrected chi connectivity index (χ1v) is 8.97. The molecule has 3 heteroatoms. The van der Waals surface area contributed by atoms with Crippen LogP contribution in [0.1, 0.15) is 49.3 Å². The fraction of sp³-hybridized carbons (Fsp3) is 0.611. The van der Waals surface area contributed by atoms with E-state index in [0.717, 1.165) is 38.0 Å². The third-order valence-corrected chi connectivity index (χ3v) is 5.54. The Morgan fingerprint density at radius 3 is 2.67 bits per heavy atom. The molecule has 1 aliphatic rings. The molecule has 0 amide bonds. The minimum absolute atomic E-state index is 0.268. The minimum atomic E-state index is -0.268. The van der Waals surface area contributed by atoms with E-state index >= 15 is 0 Å². The van der Waals surface area contributed by atoms with Crippen LogP contribution < -0.4 is 5.32 Å². The van der Waals surface area contributed by atoms with E-state index in [4.69, 9.17) is 0 Å². The number of nitrogens with one attached hydrogen (secondary N) is 1. The van der Waals surface area contributed by atoms with Gasteiger partial charge in [0, 0.05) is 11.0 Å². The summed E-state index contributed by atoms with van der Waals surface area (Å²) in [5.74, 6) is 1.06. The fourth-order valence-electron chi connectivity index (χ4n) is 3.17. The molecule has 1 saturated carbocycles. The predicted octanol–water partition coefficient (Wildman–Crippen LogP) is 4.35. The van der Waals surface area contributed by atoms with Gasteiger partial charge in [0.25, 0.3) is 0 Å². The first-order chi connectivity index (χ1) is 10.1. The van der Waals surface area contributed by atoms with Crippen molar-refractivity contribution in [2.75, 3.05) is 6.54 Å². The lowest BCUT2D eigenvalue weighted by Crippen LogP contribution is -2.42. The van der Waals surface area contributed by atoms with Crippen molar-refractivity contribution < 1.29 is 0 Å². The highest BCUT2D eigenvalue weighted by atomic mass is 32.2. The van der Waals surface area contributed by atoms with E-state index in [1.165, 1.54) is 16.7 Å². The van der Waals surface area contributed by atoms with Crippen LogP contribution in [-0.4, -0.2) is 17.3 Å². The number of aryl methyl sites for hydroxylation is 2.